The average molecular weight is 300 g/mol. The first-order chi connectivity index (χ1) is 9.63. The maximum atomic E-state index is 12.1. The normalized spacial score (nSPS) is 25.1. The predicted molar refractivity (Wildman–Crippen MR) is 75.0 cm³/mol. The molecule has 1 fully saturated rings. The summed E-state index contributed by atoms with van der Waals surface area (Å²) in [5.74, 6) is -0.250. The van der Waals surface area contributed by atoms with E-state index in [1.165, 1.54) is 11.5 Å². The maximum absolute atomic E-state index is 12.1. The highest BCUT2D eigenvalue weighted by Crippen LogP contribution is 2.16. The number of halogens is 1. The molecule has 2 rings (SSSR count). The summed E-state index contributed by atoms with van der Waals surface area (Å²) in [5.41, 5.74) is 6.49. The first-order valence-corrected chi connectivity index (χ1v) is 6.65. The smallest absolute Gasteiger partial charge is 0.253 e. The van der Waals surface area contributed by atoms with Crippen molar-refractivity contribution in [2.24, 2.45) is 5.73 Å². The SMILES string of the molecule is COC(NC(=O)c1ccccc1)C1OCCN(Cl)C1N. The predicted octanol–water partition coefficient (Wildman–Crippen LogP) is 0.528. The van der Waals surface area contributed by atoms with Gasteiger partial charge in [0.25, 0.3) is 5.91 Å². The van der Waals surface area contributed by atoms with E-state index in [1.807, 2.05) is 6.07 Å². The molecule has 7 heteroatoms. The van der Waals surface area contributed by atoms with Gasteiger partial charge >= 0.3 is 0 Å². The molecule has 0 aliphatic carbocycles. The highest BCUT2D eigenvalue weighted by atomic mass is 35.5. The van der Waals surface area contributed by atoms with Crippen LogP contribution in [-0.4, -0.2) is 49.1 Å². The minimum absolute atomic E-state index is 0.250. The molecule has 1 heterocycles. The zero-order chi connectivity index (χ0) is 14.5. The van der Waals surface area contributed by atoms with E-state index in [0.29, 0.717) is 18.7 Å². The number of methoxy groups -OCH3 is 1. The van der Waals surface area contributed by atoms with Crippen molar-refractivity contribution in [3.63, 3.8) is 0 Å². The standard InChI is InChI=1S/C13H18ClN3O3/c1-19-13(10-11(15)17(14)7-8-20-10)16-12(18)9-5-3-2-4-6-9/h2-6,10-11,13H,7-8,15H2,1H3,(H,16,18). The highest BCUT2D eigenvalue weighted by molar-refractivity contribution is 6.13. The number of nitrogens with two attached hydrogens (primary N) is 1. The number of ether oxygens (including phenoxy) is 2. The largest absolute Gasteiger partial charge is 0.369 e. The van der Waals surface area contributed by atoms with Crippen molar-refractivity contribution in [3.05, 3.63) is 35.9 Å². The lowest BCUT2D eigenvalue weighted by atomic mass is 10.1. The van der Waals surface area contributed by atoms with Crippen LogP contribution in [0.3, 0.4) is 0 Å². The van der Waals surface area contributed by atoms with Gasteiger partial charge in [-0.05, 0) is 23.9 Å². The second-order valence-electron chi connectivity index (χ2n) is 4.45. The lowest BCUT2D eigenvalue weighted by Gasteiger charge is -2.38. The molecule has 1 aromatic rings. The van der Waals surface area contributed by atoms with Gasteiger partial charge in [-0.1, -0.05) is 18.2 Å². The third kappa shape index (κ3) is 3.47. The molecular weight excluding hydrogens is 282 g/mol. The van der Waals surface area contributed by atoms with Gasteiger partial charge in [-0.25, -0.2) is 0 Å². The zero-order valence-electron chi connectivity index (χ0n) is 11.2. The summed E-state index contributed by atoms with van der Waals surface area (Å²) in [4.78, 5) is 12.1. The Balaban J connectivity index is 2.03. The van der Waals surface area contributed by atoms with Gasteiger partial charge in [0, 0.05) is 19.2 Å². The zero-order valence-corrected chi connectivity index (χ0v) is 11.9. The van der Waals surface area contributed by atoms with Gasteiger partial charge in [0.2, 0.25) is 0 Å². The van der Waals surface area contributed by atoms with Gasteiger partial charge in [0.05, 0.1) is 6.61 Å². The Morgan fingerprint density at radius 1 is 1.55 bits per heavy atom. The molecule has 1 aliphatic heterocycles. The van der Waals surface area contributed by atoms with E-state index in [4.69, 9.17) is 27.0 Å². The maximum Gasteiger partial charge on any atom is 0.253 e. The molecule has 1 amide bonds. The molecule has 1 aliphatic rings. The van der Waals surface area contributed by atoms with E-state index in [9.17, 15) is 4.79 Å². The van der Waals surface area contributed by atoms with Gasteiger partial charge < -0.3 is 20.5 Å². The van der Waals surface area contributed by atoms with Crippen molar-refractivity contribution in [3.8, 4) is 0 Å². The van der Waals surface area contributed by atoms with Crippen molar-refractivity contribution < 1.29 is 14.3 Å². The fourth-order valence-electron chi connectivity index (χ4n) is 2.03. The fraction of sp³-hybridized carbons (Fsp3) is 0.462. The lowest BCUT2D eigenvalue weighted by molar-refractivity contribution is -0.118. The summed E-state index contributed by atoms with van der Waals surface area (Å²) in [6.45, 7) is 0.964. The number of rotatable bonds is 4. The summed E-state index contributed by atoms with van der Waals surface area (Å²) in [6.07, 6.45) is -1.75. The van der Waals surface area contributed by atoms with E-state index in [0.717, 1.165) is 0 Å². The van der Waals surface area contributed by atoms with Crippen LogP contribution in [0.5, 0.6) is 0 Å². The Kier molecular flexibility index (Phi) is 5.33. The number of amides is 1. The van der Waals surface area contributed by atoms with Crippen LogP contribution in [0, 0.1) is 0 Å². The van der Waals surface area contributed by atoms with Crippen molar-refractivity contribution in [2.45, 2.75) is 18.5 Å². The molecular formula is C13H18ClN3O3. The second-order valence-corrected chi connectivity index (χ2v) is 4.88. The van der Waals surface area contributed by atoms with Crippen LogP contribution in [0.1, 0.15) is 10.4 Å². The van der Waals surface area contributed by atoms with Crippen molar-refractivity contribution >= 4 is 17.7 Å². The summed E-state index contributed by atoms with van der Waals surface area (Å²) >= 11 is 5.98. The number of hydrogen-bond donors (Lipinski definition) is 2. The Morgan fingerprint density at radius 2 is 2.25 bits per heavy atom. The van der Waals surface area contributed by atoms with E-state index in [2.05, 4.69) is 5.32 Å². The van der Waals surface area contributed by atoms with Crippen LogP contribution >= 0.6 is 11.8 Å². The molecule has 0 bridgehead atoms. The molecule has 0 saturated carbocycles. The van der Waals surface area contributed by atoms with Gasteiger partial charge in [-0.2, -0.15) is 4.42 Å². The molecule has 6 nitrogen and oxygen atoms in total. The van der Waals surface area contributed by atoms with Gasteiger partial charge in [0.15, 0.2) is 6.23 Å². The number of nitrogens with one attached hydrogen (secondary N) is 1. The number of benzene rings is 1. The van der Waals surface area contributed by atoms with Crippen LogP contribution in [0.25, 0.3) is 0 Å². The summed E-state index contributed by atoms with van der Waals surface area (Å²) < 4.78 is 12.3. The van der Waals surface area contributed by atoms with Crippen LogP contribution in [-0.2, 0) is 9.47 Å². The minimum Gasteiger partial charge on any atom is -0.369 e. The van der Waals surface area contributed by atoms with Crippen LogP contribution in [0.2, 0.25) is 0 Å². The quantitative estimate of drug-likeness (QED) is 0.626. The van der Waals surface area contributed by atoms with E-state index in [-0.39, 0.29) is 5.91 Å². The first-order valence-electron chi connectivity index (χ1n) is 6.32. The molecule has 3 N–H and O–H groups in total. The molecule has 1 saturated heterocycles. The van der Waals surface area contributed by atoms with Crippen LogP contribution in [0.15, 0.2) is 30.3 Å². The van der Waals surface area contributed by atoms with Gasteiger partial charge in [-0.15, -0.1) is 0 Å². The van der Waals surface area contributed by atoms with E-state index in [1.54, 1.807) is 24.3 Å². The Hall–Kier alpha value is -1.18. The average Bonchev–Trinajstić information content (AvgIpc) is 2.48. The molecule has 1 aromatic carbocycles. The summed E-state index contributed by atoms with van der Waals surface area (Å²) in [6, 6.07) is 8.87. The number of carbonyl (C=O) groups is 1. The summed E-state index contributed by atoms with van der Waals surface area (Å²) in [5, 5.41) is 2.75. The summed E-state index contributed by atoms with van der Waals surface area (Å²) in [7, 11) is 1.49. The monoisotopic (exact) mass is 299 g/mol. The van der Waals surface area contributed by atoms with Crippen molar-refractivity contribution in [1.29, 1.82) is 0 Å². The highest BCUT2D eigenvalue weighted by Gasteiger charge is 2.36. The number of carbonyl (C=O) groups excluding carboxylic acids is 1. The first kappa shape index (κ1) is 15.2. The molecule has 110 valence electrons. The van der Waals surface area contributed by atoms with E-state index >= 15 is 0 Å². The molecule has 3 atom stereocenters. The van der Waals surface area contributed by atoms with Crippen LogP contribution < -0.4 is 11.1 Å². The topological polar surface area (TPSA) is 76.8 Å². The van der Waals surface area contributed by atoms with Crippen molar-refractivity contribution in [2.75, 3.05) is 20.3 Å². The number of morpholine rings is 1. The number of hydrogen-bond acceptors (Lipinski definition) is 5. The lowest BCUT2D eigenvalue weighted by Crippen LogP contribution is -2.61. The van der Waals surface area contributed by atoms with Gasteiger partial charge in [-0.3, -0.25) is 4.79 Å². The second kappa shape index (κ2) is 7.01. The van der Waals surface area contributed by atoms with E-state index < -0.39 is 18.5 Å². The molecule has 3 unspecified atom stereocenters. The third-order valence-corrected chi connectivity index (χ3v) is 3.53. The number of nitrogens with zero attached hydrogens (tertiary/aromatic N) is 1. The van der Waals surface area contributed by atoms with Crippen LogP contribution in [0.4, 0.5) is 0 Å². The Morgan fingerprint density at radius 3 is 2.90 bits per heavy atom. The third-order valence-electron chi connectivity index (χ3n) is 3.14. The molecule has 0 radical (unpaired) electrons. The minimum atomic E-state index is -0.667. The molecule has 0 aromatic heterocycles. The molecule has 0 spiro atoms. The van der Waals surface area contributed by atoms with Gasteiger partial charge in [0.1, 0.15) is 12.3 Å². The Labute approximate surface area is 122 Å². The fourth-order valence-corrected chi connectivity index (χ4v) is 2.21. The van der Waals surface area contributed by atoms with Crippen molar-refractivity contribution in [1.82, 2.24) is 9.74 Å². The Bertz CT molecular complexity index is 446. The molecule has 20 heavy (non-hydrogen) atoms.